The summed E-state index contributed by atoms with van der Waals surface area (Å²) in [4.78, 5) is 0. The quantitative estimate of drug-likeness (QED) is 0.236. The van der Waals surface area contributed by atoms with E-state index in [2.05, 4.69) is 129 Å². The summed E-state index contributed by atoms with van der Waals surface area (Å²) in [6, 6.07) is 36.3. The van der Waals surface area contributed by atoms with Crippen LogP contribution in [-0.2, 0) is 10.8 Å². The van der Waals surface area contributed by atoms with Gasteiger partial charge in [-0.15, -0.1) is 0 Å². The van der Waals surface area contributed by atoms with Crippen LogP contribution in [0.3, 0.4) is 0 Å². The molecule has 158 valence electrons. The Morgan fingerprint density at radius 1 is 0.438 bits per heavy atom. The maximum atomic E-state index is 3.63. The summed E-state index contributed by atoms with van der Waals surface area (Å²) in [5.74, 6) is 0. The molecular formula is C30H24Br2. The van der Waals surface area contributed by atoms with Crippen LogP contribution in [0.4, 0.5) is 0 Å². The van der Waals surface area contributed by atoms with Gasteiger partial charge in [0.1, 0.15) is 0 Å². The monoisotopic (exact) mass is 542 g/mol. The average molecular weight is 544 g/mol. The first-order valence-corrected chi connectivity index (χ1v) is 12.9. The van der Waals surface area contributed by atoms with Crippen LogP contribution < -0.4 is 0 Å². The highest BCUT2D eigenvalue weighted by molar-refractivity contribution is 9.10. The van der Waals surface area contributed by atoms with E-state index in [1.54, 1.807) is 0 Å². The predicted octanol–water partition coefficient (Wildman–Crippen LogP) is 9.04. The number of hydrogen-bond donors (Lipinski definition) is 0. The second-order valence-corrected chi connectivity index (χ2v) is 11.1. The molecule has 4 aromatic rings. The highest BCUT2D eigenvalue weighted by Crippen LogP contribution is 2.60. The smallest absolute Gasteiger partial charge is 0.0216 e. The van der Waals surface area contributed by atoms with Crippen LogP contribution in [0.1, 0.15) is 47.9 Å². The molecule has 0 bridgehead atoms. The molecular weight excluding hydrogens is 520 g/mol. The first kappa shape index (κ1) is 20.4. The Bertz CT molecular complexity index is 1180. The van der Waals surface area contributed by atoms with Crippen LogP contribution in [-0.4, -0.2) is 0 Å². The molecule has 6 rings (SSSR count). The van der Waals surface area contributed by atoms with Crippen molar-refractivity contribution in [1.29, 1.82) is 0 Å². The van der Waals surface area contributed by atoms with Gasteiger partial charge in [0.15, 0.2) is 0 Å². The van der Waals surface area contributed by atoms with Gasteiger partial charge in [0.25, 0.3) is 0 Å². The van der Waals surface area contributed by atoms with Gasteiger partial charge in [0.2, 0.25) is 0 Å². The maximum absolute atomic E-state index is 3.63. The molecule has 0 unspecified atom stereocenters. The topological polar surface area (TPSA) is 0 Å². The zero-order valence-corrected chi connectivity index (χ0v) is 21.0. The van der Waals surface area contributed by atoms with Gasteiger partial charge in [-0.2, -0.15) is 0 Å². The molecule has 0 radical (unpaired) electrons. The Hall–Kier alpha value is -2.16. The highest BCUT2D eigenvalue weighted by Gasteiger charge is 2.50. The normalized spacial score (nSPS) is 17.7. The van der Waals surface area contributed by atoms with Crippen molar-refractivity contribution in [3.8, 4) is 11.1 Å². The number of hydrogen-bond acceptors (Lipinski definition) is 0. The van der Waals surface area contributed by atoms with E-state index >= 15 is 0 Å². The van der Waals surface area contributed by atoms with E-state index in [4.69, 9.17) is 0 Å². The lowest BCUT2D eigenvalue weighted by atomic mass is 9.56. The number of fused-ring (bicyclic) bond motifs is 5. The van der Waals surface area contributed by atoms with Gasteiger partial charge < -0.3 is 0 Å². The highest BCUT2D eigenvalue weighted by atomic mass is 79.9. The van der Waals surface area contributed by atoms with E-state index < -0.39 is 0 Å². The fraction of sp³-hybridized carbons (Fsp3) is 0.200. The fourth-order valence-electron chi connectivity index (χ4n) is 6.34. The van der Waals surface area contributed by atoms with Crippen molar-refractivity contribution >= 4 is 31.9 Å². The summed E-state index contributed by atoms with van der Waals surface area (Å²) in [7, 11) is 0. The minimum atomic E-state index is 0.0408. The first-order valence-electron chi connectivity index (χ1n) is 11.3. The van der Waals surface area contributed by atoms with E-state index in [0.717, 1.165) is 34.6 Å². The Kier molecular flexibility index (Phi) is 4.93. The second-order valence-electron chi connectivity index (χ2n) is 9.27. The van der Waals surface area contributed by atoms with Crippen molar-refractivity contribution in [3.05, 3.63) is 128 Å². The largest absolute Gasteiger partial charge is 0.0619 e. The zero-order chi connectivity index (χ0) is 21.8. The molecule has 0 saturated heterocycles. The van der Waals surface area contributed by atoms with Crippen molar-refractivity contribution in [2.24, 2.45) is 0 Å². The number of rotatable bonds is 2. The van der Waals surface area contributed by atoms with Crippen LogP contribution in [0.2, 0.25) is 0 Å². The van der Waals surface area contributed by atoms with Crippen molar-refractivity contribution in [2.45, 2.75) is 36.5 Å². The van der Waals surface area contributed by atoms with E-state index in [9.17, 15) is 0 Å². The van der Waals surface area contributed by atoms with Crippen molar-refractivity contribution in [3.63, 3.8) is 0 Å². The fourth-order valence-corrected chi connectivity index (χ4v) is 6.87. The van der Waals surface area contributed by atoms with Crippen LogP contribution in [0.5, 0.6) is 0 Å². The third-order valence-electron chi connectivity index (χ3n) is 7.93. The molecule has 4 aromatic carbocycles. The van der Waals surface area contributed by atoms with E-state index in [0.29, 0.717) is 0 Å². The van der Waals surface area contributed by atoms with E-state index in [1.165, 1.54) is 33.4 Å². The molecule has 2 aliphatic rings. The molecule has 32 heavy (non-hydrogen) atoms. The molecule has 0 heterocycles. The van der Waals surface area contributed by atoms with E-state index in [1.807, 2.05) is 0 Å². The molecule has 1 saturated carbocycles. The molecule has 0 aliphatic heterocycles. The Balaban J connectivity index is 1.48. The number of halogens is 2. The minimum absolute atomic E-state index is 0.0408. The van der Waals surface area contributed by atoms with Gasteiger partial charge >= 0.3 is 0 Å². The van der Waals surface area contributed by atoms with Crippen molar-refractivity contribution < 1.29 is 0 Å². The van der Waals surface area contributed by atoms with Gasteiger partial charge in [0.05, 0.1) is 0 Å². The summed E-state index contributed by atoms with van der Waals surface area (Å²) >= 11 is 7.26. The minimum Gasteiger partial charge on any atom is -0.0619 e. The lowest BCUT2D eigenvalue weighted by molar-refractivity contribution is 0.261. The number of benzene rings is 4. The Morgan fingerprint density at radius 3 is 1.25 bits per heavy atom. The third kappa shape index (κ3) is 2.99. The summed E-state index contributed by atoms with van der Waals surface area (Å²) in [6.45, 7) is 0. The van der Waals surface area contributed by atoms with Gasteiger partial charge in [-0.05, 0) is 83.3 Å². The maximum Gasteiger partial charge on any atom is 0.0216 e. The summed E-state index contributed by atoms with van der Waals surface area (Å²) in [6.07, 6.45) is 4.60. The van der Waals surface area contributed by atoms with Gasteiger partial charge in [-0.3, -0.25) is 0 Å². The van der Waals surface area contributed by atoms with Gasteiger partial charge in [-0.25, -0.2) is 0 Å². The Morgan fingerprint density at radius 2 is 0.812 bits per heavy atom. The molecule has 2 aliphatic carbocycles. The summed E-state index contributed by atoms with van der Waals surface area (Å²) < 4.78 is 2.27. The SMILES string of the molecule is Brc1ccc(C2(c3ccc(Br)cc3)CCC3(CC2)c2ccccc2-c2ccccc23)cc1. The van der Waals surface area contributed by atoms with Crippen LogP contribution in [0, 0.1) is 0 Å². The third-order valence-corrected chi connectivity index (χ3v) is 8.98. The predicted molar refractivity (Wildman–Crippen MR) is 140 cm³/mol. The molecule has 2 heteroatoms. The molecule has 0 aromatic heterocycles. The van der Waals surface area contributed by atoms with Crippen LogP contribution >= 0.6 is 31.9 Å². The summed E-state index contributed by atoms with van der Waals surface area (Å²) in [5.41, 5.74) is 8.95. The average Bonchev–Trinajstić information content (AvgIpc) is 3.11. The second kappa shape index (κ2) is 7.71. The molecule has 0 amide bonds. The summed E-state index contributed by atoms with van der Waals surface area (Å²) in [5, 5.41) is 0. The lowest BCUT2D eigenvalue weighted by Gasteiger charge is -2.47. The molecule has 1 fully saturated rings. The zero-order valence-electron chi connectivity index (χ0n) is 17.8. The van der Waals surface area contributed by atoms with Gasteiger partial charge in [-0.1, -0.05) is 105 Å². The van der Waals surface area contributed by atoms with Gasteiger partial charge in [0, 0.05) is 19.8 Å². The molecule has 0 N–H and O–H groups in total. The standard InChI is InChI=1S/C30H24Br2/c31-23-13-9-21(10-14-23)29(22-11-15-24(32)16-12-22)17-19-30(20-18-29)27-7-3-1-5-25(27)26-6-2-4-8-28(26)30/h1-16H,17-20H2. The molecule has 1 spiro atoms. The Labute approximate surface area is 207 Å². The molecule has 0 nitrogen and oxygen atoms in total. The van der Waals surface area contributed by atoms with Crippen LogP contribution in [0.15, 0.2) is 106 Å². The lowest BCUT2D eigenvalue weighted by Crippen LogP contribution is -2.40. The van der Waals surface area contributed by atoms with Crippen molar-refractivity contribution in [2.75, 3.05) is 0 Å². The molecule has 0 atom stereocenters. The van der Waals surface area contributed by atoms with Crippen LogP contribution in [0.25, 0.3) is 11.1 Å². The van der Waals surface area contributed by atoms with Crippen molar-refractivity contribution in [1.82, 2.24) is 0 Å². The van der Waals surface area contributed by atoms with E-state index in [-0.39, 0.29) is 10.8 Å². The first-order chi connectivity index (χ1) is 15.6.